The third kappa shape index (κ3) is 2.02. The van der Waals surface area contributed by atoms with Gasteiger partial charge < -0.3 is 15.6 Å². The Bertz CT molecular complexity index is 504. The first-order chi connectivity index (χ1) is 7.72. The van der Waals surface area contributed by atoms with E-state index in [1.165, 1.54) is 10.9 Å². The highest BCUT2D eigenvalue weighted by molar-refractivity contribution is 7.80. The van der Waals surface area contributed by atoms with Crippen LogP contribution < -0.4 is 10.6 Å². The zero-order valence-corrected chi connectivity index (χ0v) is 10.2. The minimum absolute atomic E-state index is 0.191. The van der Waals surface area contributed by atoms with Gasteiger partial charge >= 0.3 is 0 Å². The number of benzene rings is 1. The van der Waals surface area contributed by atoms with Crippen molar-refractivity contribution in [1.82, 2.24) is 15.6 Å². The summed E-state index contributed by atoms with van der Waals surface area (Å²) in [4.78, 5) is 3.26. The average molecular weight is 233 g/mol. The Balaban J connectivity index is 2.29. The molecule has 0 radical (unpaired) electrons. The van der Waals surface area contributed by atoms with Gasteiger partial charge in [-0.1, -0.05) is 18.2 Å². The maximum atomic E-state index is 5.10. The molecule has 0 aliphatic rings. The fourth-order valence-electron chi connectivity index (χ4n) is 1.80. The summed E-state index contributed by atoms with van der Waals surface area (Å²) in [5.41, 5.74) is 2.38. The minimum atomic E-state index is 0.191. The topological polar surface area (TPSA) is 39.8 Å². The molecule has 0 amide bonds. The molecule has 16 heavy (non-hydrogen) atoms. The number of para-hydroxylation sites is 1. The predicted molar refractivity (Wildman–Crippen MR) is 71.5 cm³/mol. The Labute approximate surface area is 100 Å². The highest BCUT2D eigenvalue weighted by Gasteiger charge is 2.10. The number of hydrogen-bond acceptors (Lipinski definition) is 1. The molecule has 1 aromatic carbocycles. The van der Waals surface area contributed by atoms with E-state index < -0.39 is 0 Å². The molecular formula is C12H15N3S. The molecule has 0 spiro atoms. The molecule has 1 heterocycles. The van der Waals surface area contributed by atoms with Crippen molar-refractivity contribution in [2.45, 2.75) is 13.0 Å². The first-order valence-corrected chi connectivity index (χ1v) is 5.67. The molecule has 0 fully saturated rings. The molecule has 0 aliphatic heterocycles. The van der Waals surface area contributed by atoms with Crippen molar-refractivity contribution in [1.29, 1.82) is 0 Å². The lowest BCUT2D eigenvalue weighted by atomic mass is 10.1. The Morgan fingerprint density at radius 3 is 2.88 bits per heavy atom. The monoisotopic (exact) mass is 233 g/mol. The first kappa shape index (κ1) is 11.0. The average Bonchev–Trinajstić information content (AvgIpc) is 2.72. The van der Waals surface area contributed by atoms with Gasteiger partial charge in [0.05, 0.1) is 6.04 Å². The number of H-pyrrole nitrogens is 1. The van der Waals surface area contributed by atoms with E-state index in [1.54, 1.807) is 0 Å². The molecule has 0 saturated carbocycles. The fourth-order valence-corrected chi connectivity index (χ4v) is 1.98. The summed E-state index contributed by atoms with van der Waals surface area (Å²) in [5, 5.41) is 8.04. The van der Waals surface area contributed by atoms with Crippen LogP contribution in [-0.4, -0.2) is 17.1 Å². The standard InChI is InChI=1S/C12H15N3S/c1-8(15-12(16)13-2)10-7-14-11-6-4-3-5-9(10)11/h3-8,14H,1-2H3,(H2,13,15,16). The van der Waals surface area contributed by atoms with Crippen LogP contribution in [0.2, 0.25) is 0 Å². The highest BCUT2D eigenvalue weighted by Crippen LogP contribution is 2.23. The molecule has 1 aromatic heterocycles. The predicted octanol–water partition coefficient (Wildman–Crippen LogP) is 2.32. The lowest BCUT2D eigenvalue weighted by Gasteiger charge is -2.14. The first-order valence-electron chi connectivity index (χ1n) is 5.26. The number of thiocarbonyl (C=S) groups is 1. The lowest BCUT2D eigenvalue weighted by molar-refractivity contribution is 0.715. The van der Waals surface area contributed by atoms with Gasteiger partial charge in [0.2, 0.25) is 0 Å². The summed E-state index contributed by atoms with van der Waals surface area (Å²) >= 11 is 5.10. The van der Waals surface area contributed by atoms with Crippen LogP contribution in [0.3, 0.4) is 0 Å². The van der Waals surface area contributed by atoms with Gasteiger partial charge in [-0.2, -0.15) is 0 Å². The number of aromatic nitrogens is 1. The van der Waals surface area contributed by atoms with Crippen LogP contribution >= 0.6 is 12.2 Å². The molecule has 3 N–H and O–H groups in total. The number of hydrogen-bond donors (Lipinski definition) is 3. The Morgan fingerprint density at radius 1 is 1.38 bits per heavy atom. The molecule has 2 aromatic rings. The Morgan fingerprint density at radius 2 is 2.12 bits per heavy atom. The molecule has 3 nitrogen and oxygen atoms in total. The van der Waals surface area contributed by atoms with Gasteiger partial charge in [0.15, 0.2) is 5.11 Å². The third-order valence-electron chi connectivity index (χ3n) is 2.66. The number of rotatable bonds is 2. The molecule has 1 unspecified atom stereocenters. The molecule has 84 valence electrons. The Hall–Kier alpha value is -1.55. The minimum Gasteiger partial charge on any atom is -0.366 e. The zero-order valence-electron chi connectivity index (χ0n) is 9.37. The second-order valence-electron chi connectivity index (χ2n) is 3.73. The van der Waals surface area contributed by atoms with Crippen LogP contribution in [0.5, 0.6) is 0 Å². The van der Waals surface area contributed by atoms with Crippen LogP contribution in [0, 0.1) is 0 Å². The summed E-state index contributed by atoms with van der Waals surface area (Å²) < 4.78 is 0. The van der Waals surface area contributed by atoms with Crippen LogP contribution in [0.15, 0.2) is 30.5 Å². The number of fused-ring (bicyclic) bond motifs is 1. The van der Waals surface area contributed by atoms with Crippen molar-refractivity contribution in [3.05, 3.63) is 36.0 Å². The van der Waals surface area contributed by atoms with E-state index in [-0.39, 0.29) is 6.04 Å². The van der Waals surface area contributed by atoms with Crippen LogP contribution in [0.1, 0.15) is 18.5 Å². The Kier molecular flexibility index (Phi) is 3.10. The van der Waals surface area contributed by atoms with Crippen molar-refractivity contribution >= 4 is 28.2 Å². The van der Waals surface area contributed by atoms with E-state index in [9.17, 15) is 0 Å². The van der Waals surface area contributed by atoms with Gasteiger partial charge in [0, 0.05) is 24.1 Å². The smallest absolute Gasteiger partial charge is 0.166 e. The van der Waals surface area contributed by atoms with Crippen LogP contribution in [0.4, 0.5) is 0 Å². The molecule has 1 atom stereocenters. The third-order valence-corrected chi connectivity index (χ3v) is 2.98. The van der Waals surface area contributed by atoms with Gasteiger partial charge in [-0.3, -0.25) is 0 Å². The zero-order chi connectivity index (χ0) is 11.5. The van der Waals surface area contributed by atoms with Crippen LogP contribution in [-0.2, 0) is 0 Å². The van der Waals surface area contributed by atoms with Crippen molar-refractivity contribution in [3.63, 3.8) is 0 Å². The van der Waals surface area contributed by atoms with Gasteiger partial charge in [-0.05, 0) is 30.8 Å². The lowest BCUT2D eigenvalue weighted by Crippen LogP contribution is -2.34. The van der Waals surface area contributed by atoms with Crippen molar-refractivity contribution in [2.75, 3.05) is 7.05 Å². The van der Waals surface area contributed by atoms with E-state index in [4.69, 9.17) is 12.2 Å². The maximum absolute atomic E-state index is 5.10. The summed E-state index contributed by atoms with van der Waals surface area (Å²) in [6, 6.07) is 8.45. The molecule has 0 saturated heterocycles. The van der Waals surface area contributed by atoms with Crippen LogP contribution in [0.25, 0.3) is 10.9 Å². The number of aromatic amines is 1. The van der Waals surface area contributed by atoms with Gasteiger partial charge in [0.1, 0.15) is 0 Å². The van der Waals surface area contributed by atoms with Gasteiger partial charge in [-0.25, -0.2) is 0 Å². The molecule has 0 bridgehead atoms. The quantitative estimate of drug-likeness (QED) is 0.697. The normalized spacial score (nSPS) is 12.4. The van der Waals surface area contributed by atoms with Gasteiger partial charge in [0.25, 0.3) is 0 Å². The summed E-state index contributed by atoms with van der Waals surface area (Å²) in [5.74, 6) is 0. The summed E-state index contributed by atoms with van der Waals surface area (Å²) in [6.45, 7) is 2.10. The summed E-state index contributed by atoms with van der Waals surface area (Å²) in [6.07, 6.45) is 2.03. The van der Waals surface area contributed by atoms with Crippen molar-refractivity contribution in [2.24, 2.45) is 0 Å². The number of nitrogens with one attached hydrogen (secondary N) is 3. The second-order valence-corrected chi connectivity index (χ2v) is 4.14. The van der Waals surface area contributed by atoms with Gasteiger partial charge in [-0.15, -0.1) is 0 Å². The summed E-state index contributed by atoms with van der Waals surface area (Å²) in [7, 11) is 1.82. The van der Waals surface area contributed by atoms with E-state index in [0.717, 1.165) is 5.52 Å². The largest absolute Gasteiger partial charge is 0.366 e. The maximum Gasteiger partial charge on any atom is 0.166 e. The van der Waals surface area contributed by atoms with E-state index >= 15 is 0 Å². The molecule has 4 heteroatoms. The molecular weight excluding hydrogens is 218 g/mol. The SMILES string of the molecule is CNC(=S)NC(C)c1c[nH]c2ccccc12. The van der Waals surface area contributed by atoms with E-state index in [2.05, 4.69) is 34.7 Å². The van der Waals surface area contributed by atoms with E-state index in [0.29, 0.717) is 5.11 Å². The van der Waals surface area contributed by atoms with Crippen molar-refractivity contribution in [3.8, 4) is 0 Å². The molecule has 0 aliphatic carbocycles. The van der Waals surface area contributed by atoms with Crippen molar-refractivity contribution < 1.29 is 0 Å². The fraction of sp³-hybridized carbons (Fsp3) is 0.250. The molecule has 2 rings (SSSR count). The second kappa shape index (κ2) is 4.53. The van der Waals surface area contributed by atoms with E-state index in [1.807, 2.05) is 25.4 Å². The highest BCUT2D eigenvalue weighted by atomic mass is 32.1.